The van der Waals surface area contributed by atoms with E-state index in [0.29, 0.717) is 12.5 Å². The van der Waals surface area contributed by atoms with Crippen LogP contribution < -0.4 is 11.1 Å². The monoisotopic (exact) mass is 253 g/mol. The van der Waals surface area contributed by atoms with Crippen molar-refractivity contribution in [2.75, 3.05) is 17.6 Å². The van der Waals surface area contributed by atoms with Crippen LogP contribution in [0.15, 0.2) is 6.07 Å². The van der Waals surface area contributed by atoms with Crippen LogP contribution in [0.4, 0.5) is 20.4 Å². The molecule has 2 fully saturated rings. The summed E-state index contributed by atoms with van der Waals surface area (Å²) in [5.41, 5.74) is 5.35. The van der Waals surface area contributed by atoms with Gasteiger partial charge in [0.05, 0.1) is 0 Å². The molecule has 0 unspecified atom stereocenters. The lowest BCUT2D eigenvalue weighted by molar-refractivity contribution is 0.426. The predicted octanol–water partition coefficient (Wildman–Crippen LogP) is 2.79. The van der Waals surface area contributed by atoms with Gasteiger partial charge >= 0.3 is 0 Å². The number of hydrogen-bond donors (Lipinski definition) is 2. The Morgan fingerprint density at radius 3 is 2.39 bits per heavy atom. The molecule has 1 aromatic rings. The molecule has 0 aromatic carbocycles. The van der Waals surface area contributed by atoms with Gasteiger partial charge in [0.25, 0.3) is 0 Å². The first kappa shape index (κ1) is 11.7. The van der Waals surface area contributed by atoms with Crippen LogP contribution in [0.25, 0.3) is 0 Å². The summed E-state index contributed by atoms with van der Waals surface area (Å²) in [4.78, 5) is 3.72. The summed E-state index contributed by atoms with van der Waals surface area (Å²) in [6.07, 6.45) is 5.13. The zero-order valence-corrected chi connectivity index (χ0v) is 10.1. The summed E-state index contributed by atoms with van der Waals surface area (Å²) in [6, 6.07) is 0.786. The minimum atomic E-state index is -0.806. The van der Waals surface area contributed by atoms with Crippen molar-refractivity contribution >= 4 is 11.6 Å². The third-order valence-corrected chi connectivity index (χ3v) is 3.92. The van der Waals surface area contributed by atoms with Gasteiger partial charge in [-0.3, -0.25) is 0 Å². The fourth-order valence-corrected chi connectivity index (χ4v) is 2.59. The maximum Gasteiger partial charge on any atom is 0.168 e. The molecule has 0 bridgehead atoms. The van der Waals surface area contributed by atoms with Crippen LogP contribution in [0.3, 0.4) is 0 Å². The van der Waals surface area contributed by atoms with Crippen LogP contribution in [-0.2, 0) is 0 Å². The number of nitrogens with zero attached hydrogens (tertiary/aromatic N) is 1. The molecule has 3 N–H and O–H groups in total. The van der Waals surface area contributed by atoms with Crippen LogP contribution in [0.1, 0.15) is 25.7 Å². The Kier molecular flexibility index (Phi) is 2.84. The van der Waals surface area contributed by atoms with Crippen LogP contribution in [0.2, 0.25) is 0 Å². The third kappa shape index (κ3) is 2.40. The van der Waals surface area contributed by atoms with E-state index in [4.69, 9.17) is 5.73 Å². The molecule has 0 spiro atoms. The fraction of sp³-hybridized carbons (Fsp3) is 0.615. The first-order valence-electron chi connectivity index (χ1n) is 6.50. The van der Waals surface area contributed by atoms with Crippen LogP contribution in [0, 0.1) is 29.4 Å². The Bertz CT molecular complexity index is 444. The van der Waals surface area contributed by atoms with Gasteiger partial charge in [0, 0.05) is 12.6 Å². The Labute approximate surface area is 105 Å². The van der Waals surface area contributed by atoms with Crippen molar-refractivity contribution in [2.24, 2.45) is 17.8 Å². The van der Waals surface area contributed by atoms with E-state index < -0.39 is 11.6 Å². The number of halogens is 2. The Balaban J connectivity index is 1.66. The highest BCUT2D eigenvalue weighted by Gasteiger charge is 2.41. The lowest BCUT2D eigenvalue weighted by Crippen LogP contribution is -2.19. The van der Waals surface area contributed by atoms with Gasteiger partial charge in [-0.2, -0.15) is 0 Å². The van der Waals surface area contributed by atoms with Crippen LogP contribution in [-0.4, -0.2) is 11.5 Å². The highest BCUT2D eigenvalue weighted by Crippen LogP contribution is 2.49. The van der Waals surface area contributed by atoms with E-state index in [1.165, 1.54) is 25.7 Å². The minimum Gasteiger partial charge on any atom is -0.381 e. The summed E-state index contributed by atoms with van der Waals surface area (Å²) in [7, 11) is 0. The maximum atomic E-state index is 13.5. The van der Waals surface area contributed by atoms with E-state index in [-0.39, 0.29) is 11.6 Å². The molecule has 3 rings (SSSR count). The summed E-state index contributed by atoms with van der Waals surface area (Å²) >= 11 is 0. The van der Waals surface area contributed by atoms with Crippen molar-refractivity contribution in [1.29, 1.82) is 0 Å². The molecule has 0 amide bonds. The van der Waals surface area contributed by atoms with Gasteiger partial charge in [-0.15, -0.1) is 0 Å². The molecule has 98 valence electrons. The fourth-order valence-electron chi connectivity index (χ4n) is 2.59. The number of pyridine rings is 1. The molecular weight excluding hydrogens is 236 g/mol. The molecule has 0 radical (unpaired) electrons. The SMILES string of the molecule is Nc1nc(NCC(C2CC2)C2CC2)c(F)cc1F. The van der Waals surface area contributed by atoms with Gasteiger partial charge in [0.1, 0.15) is 0 Å². The molecule has 2 aliphatic rings. The van der Waals surface area contributed by atoms with Crippen LogP contribution in [0.5, 0.6) is 0 Å². The van der Waals surface area contributed by atoms with Gasteiger partial charge in [-0.1, -0.05) is 0 Å². The summed E-state index contributed by atoms with van der Waals surface area (Å²) in [5, 5.41) is 2.99. The average Bonchev–Trinajstić information content (AvgIpc) is 3.17. The predicted molar refractivity (Wildman–Crippen MR) is 66.0 cm³/mol. The molecule has 2 aliphatic carbocycles. The highest BCUT2D eigenvalue weighted by molar-refractivity contribution is 5.44. The van der Waals surface area contributed by atoms with E-state index in [1.54, 1.807) is 0 Å². The molecule has 0 saturated heterocycles. The van der Waals surface area contributed by atoms with Crippen molar-refractivity contribution in [3.8, 4) is 0 Å². The first-order valence-corrected chi connectivity index (χ1v) is 6.50. The van der Waals surface area contributed by atoms with Gasteiger partial charge in [-0.05, 0) is 43.4 Å². The lowest BCUT2D eigenvalue weighted by atomic mass is 9.98. The zero-order valence-electron chi connectivity index (χ0n) is 10.1. The topological polar surface area (TPSA) is 50.9 Å². The van der Waals surface area contributed by atoms with Crippen molar-refractivity contribution < 1.29 is 8.78 Å². The molecule has 0 atom stereocenters. The molecule has 2 saturated carbocycles. The number of hydrogen-bond acceptors (Lipinski definition) is 3. The Hall–Kier alpha value is -1.39. The molecule has 5 heteroatoms. The van der Waals surface area contributed by atoms with Gasteiger partial charge in [0.15, 0.2) is 23.3 Å². The Morgan fingerprint density at radius 1 is 1.22 bits per heavy atom. The molecule has 18 heavy (non-hydrogen) atoms. The molecule has 1 aromatic heterocycles. The zero-order chi connectivity index (χ0) is 12.7. The Morgan fingerprint density at radius 2 is 1.83 bits per heavy atom. The van der Waals surface area contributed by atoms with Crippen molar-refractivity contribution in [3.63, 3.8) is 0 Å². The quantitative estimate of drug-likeness (QED) is 0.848. The number of rotatable bonds is 5. The number of nitrogens with one attached hydrogen (secondary N) is 1. The highest BCUT2D eigenvalue weighted by atomic mass is 19.1. The van der Waals surface area contributed by atoms with Crippen molar-refractivity contribution in [3.05, 3.63) is 17.7 Å². The van der Waals surface area contributed by atoms with Gasteiger partial charge in [-0.25, -0.2) is 13.8 Å². The smallest absolute Gasteiger partial charge is 0.168 e. The summed E-state index contributed by atoms with van der Waals surface area (Å²) < 4.78 is 26.5. The van der Waals surface area contributed by atoms with Crippen molar-refractivity contribution in [1.82, 2.24) is 4.98 Å². The van der Waals surface area contributed by atoms with E-state index in [2.05, 4.69) is 10.3 Å². The van der Waals surface area contributed by atoms with E-state index >= 15 is 0 Å². The third-order valence-electron chi connectivity index (χ3n) is 3.92. The number of anilines is 2. The number of nitrogen functional groups attached to an aromatic ring is 1. The second-order valence-electron chi connectivity index (χ2n) is 5.41. The largest absolute Gasteiger partial charge is 0.381 e. The first-order chi connectivity index (χ1) is 8.65. The lowest BCUT2D eigenvalue weighted by Gasteiger charge is -2.17. The number of aromatic nitrogens is 1. The average molecular weight is 253 g/mol. The van der Waals surface area contributed by atoms with Crippen LogP contribution >= 0.6 is 0 Å². The van der Waals surface area contributed by atoms with Crippen molar-refractivity contribution in [2.45, 2.75) is 25.7 Å². The minimum absolute atomic E-state index is 0.0696. The van der Waals surface area contributed by atoms with E-state index in [0.717, 1.165) is 17.9 Å². The summed E-state index contributed by atoms with van der Waals surface area (Å²) in [6.45, 7) is 0.713. The second kappa shape index (κ2) is 4.37. The maximum absolute atomic E-state index is 13.5. The molecule has 0 aliphatic heterocycles. The molecular formula is C13H17F2N3. The second-order valence-corrected chi connectivity index (χ2v) is 5.41. The van der Waals surface area contributed by atoms with Gasteiger partial charge < -0.3 is 11.1 Å². The molecule has 3 nitrogen and oxygen atoms in total. The standard InChI is InChI=1S/C13H17F2N3/c14-10-5-11(15)13(18-12(10)16)17-6-9(7-1-2-7)8-3-4-8/h5,7-9H,1-4,6H2,(H3,16,17,18). The van der Waals surface area contributed by atoms with E-state index in [1.807, 2.05) is 0 Å². The number of nitrogens with two attached hydrogens (primary N) is 1. The van der Waals surface area contributed by atoms with Gasteiger partial charge in [0.2, 0.25) is 0 Å². The summed E-state index contributed by atoms with van der Waals surface area (Å²) in [5.74, 6) is 0.508. The molecule has 1 heterocycles. The van der Waals surface area contributed by atoms with E-state index in [9.17, 15) is 8.78 Å². The normalized spacial score (nSPS) is 19.3.